The Balaban J connectivity index is 1.29. The van der Waals surface area contributed by atoms with Gasteiger partial charge in [-0.25, -0.2) is 0 Å². The molecule has 2 atom stereocenters. The van der Waals surface area contributed by atoms with Gasteiger partial charge in [-0.2, -0.15) is 0 Å². The van der Waals surface area contributed by atoms with E-state index in [0.29, 0.717) is 18.7 Å². The highest BCUT2D eigenvalue weighted by Crippen LogP contribution is 2.42. The Kier molecular flexibility index (Phi) is 5.29. The van der Waals surface area contributed by atoms with E-state index >= 15 is 0 Å². The normalized spacial score (nSPS) is 18.7. The standard InChI is InChI=1S/C29H28N4O2/c1-20(28(34)32-17-15-31(16-18-32)21-9-3-2-4-10-21)33-27(23-12-5-6-13-24(23)29(33)35)25-19-30-26-14-8-7-11-22(25)26/h2-14,19-20,27,30H,15-18H2,1H3/t20-,27-/m0/s1. The fraction of sp³-hybridized carbons (Fsp3) is 0.241. The van der Waals surface area contributed by atoms with Crippen LogP contribution in [0.5, 0.6) is 0 Å². The number of carbonyl (C=O) groups excluding carboxylic acids is 2. The summed E-state index contributed by atoms with van der Waals surface area (Å²) >= 11 is 0. The fourth-order valence-electron chi connectivity index (χ4n) is 5.58. The molecule has 3 heterocycles. The summed E-state index contributed by atoms with van der Waals surface area (Å²) in [5.41, 5.74) is 4.85. The van der Waals surface area contributed by atoms with E-state index in [-0.39, 0.29) is 17.9 Å². The molecule has 0 spiro atoms. The average molecular weight is 465 g/mol. The van der Waals surface area contributed by atoms with E-state index < -0.39 is 6.04 Å². The first-order chi connectivity index (χ1) is 17.1. The van der Waals surface area contributed by atoms with Crippen LogP contribution in [0.15, 0.2) is 85.1 Å². The number of hydrogen-bond donors (Lipinski definition) is 1. The first-order valence-electron chi connectivity index (χ1n) is 12.2. The van der Waals surface area contributed by atoms with Gasteiger partial charge in [0.25, 0.3) is 5.91 Å². The van der Waals surface area contributed by atoms with Gasteiger partial charge in [0.1, 0.15) is 6.04 Å². The van der Waals surface area contributed by atoms with Crippen LogP contribution in [0.1, 0.15) is 34.5 Å². The number of piperazine rings is 1. The topological polar surface area (TPSA) is 59.7 Å². The number of hydrogen-bond acceptors (Lipinski definition) is 3. The van der Waals surface area contributed by atoms with Crippen molar-refractivity contribution in [1.82, 2.24) is 14.8 Å². The van der Waals surface area contributed by atoms with E-state index in [1.165, 1.54) is 5.69 Å². The molecular weight excluding hydrogens is 436 g/mol. The minimum Gasteiger partial charge on any atom is -0.368 e. The maximum absolute atomic E-state index is 13.7. The summed E-state index contributed by atoms with van der Waals surface area (Å²) in [4.78, 5) is 36.7. The van der Waals surface area contributed by atoms with Gasteiger partial charge < -0.3 is 19.7 Å². The number of fused-ring (bicyclic) bond motifs is 2. The van der Waals surface area contributed by atoms with E-state index in [0.717, 1.165) is 35.1 Å². The molecule has 2 aliphatic heterocycles. The number of rotatable bonds is 4. The van der Waals surface area contributed by atoms with E-state index in [4.69, 9.17) is 0 Å². The van der Waals surface area contributed by atoms with Gasteiger partial charge in [0.2, 0.25) is 5.91 Å². The number of aromatic nitrogens is 1. The number of nitrogens with zero attached hydrogens (tertiary/aromatic N) is 3. The molecule has 35 heavy (non-hydrogen) atoms. The van der Waals surface area contributed by atoms with Crippen molar-refractivity contribution < 1.29 is 9.59 Å². The van der Waals surface area contributed by atoms with Crippen LogP contribution in [0.3, 0.4) is 0 Å². The maximum Gasteiger partial charge on any atom is 0.255 e. The third-order valence-corrected chi connectivity index (χ3v) is 7.40. The lowest BCUT2D eigenvalue weighted by Crippen LogP contribution is -2.54. The van der Waals surface area contributed by atoms with Crippen molar-refractivity contribution in [3.8, 4) is 0 Å². The van der Waals surface area contributed by atoms with E-state index in [1.54, 1.807) is 4.90 Å². The zero-order chi connectivity index (χ0) is 23.9. The molecule has 2 aliphatic rings. The SMILES string of the molecule is C[C@@H](C(=O)N1CCN(c2ccccc2)CC1)N1C(=O)c2ccccc2[C@H]1c1c[nH]c2ccccc12. The zero-order valence-corrected chi connectivity index (χ0v) is 19.7. The number of amides is 2. The highest BCUT2D eigenvalue weighted by molar-refractivity contribution is 6.03. The Bertz CT molecular complexity index is 1390. The minimum atomic E-state index is -0.572. The minimum absolute atomic E-state index is 0.00343. The van der Waals surface area contributed by atoms with Crippen LogP contribution < -0.4 is 4.90 Å². The van der Waals surface area contributed by atoms with Crippen LogP contribution >= 0.6 is 0 Å². The van der Waals surface area contributed by atoms with E-state index in [1.807, 2.05) is 78.7 Å². The van der Waals surface area contributed by atoms with Gasteiger partial charge in [0.15, 0.2) is 0 Å². The monoisotopic (exact) mass is 464 g/mol. The lowest BCUT2D eigenvalue weighted by molar-refractivity contribution is -0.136. The van der Waals surface area contributed by atoms with Crippen LogP contribution in [0, 0.1) is 0 Å². The van der Waals surface area contributed by atoms with Gasteiger partial charge in [-0.15, -0.1) is 0 Å². The third-order valence-electron chi connectivity index (χ3n) is 7.40. The van der Waals surface area contributed by atoms with Crippen molar-refractivity contribution in [3.05, 3.63) is 102 Å². The molecule has 0 unspecified atom stereocenters. The Morgan fingerprint density at radius 3 is 2.34 bits per heavy atom. The highest BCUT2D eigenvalue weighted by Gasteiger charge is 2.44. The number of nitrogens with one attached hydrogen (secondary N) is 1. The predicted molar refractivity (Wildman–Crippen MR) is 137 cm³/mol. The van der Waals surface area contributed by atoms with Crippen LogP contribution in [0.4, 0.5) is 5.69 Å². The Labute approximate surface area is 204 Å². The molecule has 176 valence electrons. The van der Waals surface area contributed by atoms with Gasteiger partial charge in [-0.05, 0) is 36.8 Å². The summed E-state index contributed by atoms with van der Waals surface area (Å²) in [5, 5.41) is 1.07. The summed E-state index contributed by atoms with van der Waals surface area (Å²) in [6, 6.07) is 25.3. The van der Waals surface area contributed by atoms with Crippen LogP contribution in [0.25, 0.3) is 10.9 Å². The Morgan fingerprint density at radius 1 is 0.857 bits per heavy atom. The molecule has 6 nitrogen and oxygen atoms in total. The number of aromatic amines is 1. The molecule has 1 N–H and O–H groups in total. The number of anilines is 1. The van der Waals surface area contributed by atoms with Gasteiger partial charge in [0.05, 0.1) is 6.04 Å². The Morgan fingerprint density at radius 2 is 1.54 bits per heavy atom. The van der Waals surface area contributed by atoms with Crippen LogP contribution in [-0.4, -0.2) is 58.8 Å². The first-order valence-corrected chi connectivity index (χ1v) is 12.2. The van der Waals surface area contributed by atoms with Crippen molar-refractivity contribution in [2.75, 3.05) is 31.1 Å². The smallest absolute Gasteiger partial charge is 0.255 e. The Hall–Kier alpha value is -4.06. The van der Waals surface area contributed by atoms with Crippen LogP contribution in [0.2, 0.25) is 0 Å². The van der Waals surface area contributed by atoms with Gasteiger partial charge >= 0.3 is 0 Å². The number of benzene rings is 3. The molecule has 0 saturated carbocycles. The largest absolute Gasteiger partial charge is 0.368 e. The van der Waals surface area contributed by atoms with Gasteiger partial charge in [-0.3, -0.25) is 9.59 Å². The second kappa shape index (κ2) is 8.62. The van der Waals surface area contributed by atoms with E-state index in [2.05, 4.69) is 28.1 Å². The molecule has 1 fully saturated rings. The molecule has 2 amide bonds. The molecule has 0 aliphatic carbocycles. The lowest BCUT2D eigenvalue weighted by atomic mass is 9.97. The van der Waals surface area contributed by atoms with Crippen molar-refractivity contribution in [1.29, 1.82) is 0 Å². The molecule has 3 aromatic carbocycles. The van der Waals surface area contributed by atoms with Crippen molar-refractivity contribution in [3.63, 3.8) is 0 Å². The van der Waals surface area contributed by atoms with Crippen molar-refractivity contribution in [2.24, 2.45) is 0 Å². The summed E-state index contributed by atoms with van der Waals surface area (Å²) in [6.07, 6.45) is 1.98. The molecule has 1 aromatic heterocycles. The second-order valence-electron chi connectivity index (χ2n) is 9.32. The van der Waals surface area contributed by atoms with Gasteiger partial charge in [-0.1, -0.05) is 54.6 Å². The second-order valence-corrected chi connectivity index (χ2v) is 9.32. The number of para-hydroxylation sites is 2. The third kappa shape index (κ3) is 3.57. The number of H-pyrrole nitrogens is 1. The lowest BCUT2D eigenvalue weighted by Gasteiger charge is -2.39. The molecule has 6 rings (SSSR count). The zero-order valence-electron chi connectivity index (χ0n) is 19.7. The summed E-state index contributed by atoms with van der Waals surface area (Å²) in [7, 11) is 0. The first kappa shape index (κ1) is 21.5. The molecule has 1 saturated heterocycles. The highest BCUT2D eigenvalue weighted by atomic mass is 16.2. The fourth-order valence-corrected chi connectivity index (χ4v) is 5.58. The van der Waals surface area contributed by atoms with Gasteiger partial charge in [0, 0.05) is 60.1 Å². The predicted octanol–water partition coefficient (Wildman–Crippen LogP) is 4.45. The van der Waals surface area contributed by atoms with E-state index in [9.17, 15) is 9.59 Å². The summed E-state index contributed by atoms with van der Waals surface area (Å²) in [5.74, 6) is -0.0802. The maximum atomic E-state index is 13.7. The molecule has 6 heteroatoms. The average Bonchev–Trinajstić information content (AvgIpc) is 3.47. The molecular formula is C29H28N4O2. The summed E-state index contributed by atoms with van der Waals surface area (Å²) < 4.78 is 0. The molecule has 4 aromatic rings. The number of carbonyl (C=O) groups is 2. The van der Waals surface area contributed by atoms with Crippen molar-refractivity contribution in [2.45, 2.75) is 19.0 Å². The summed E-state index contributed by atoms with van der Waals surface area (Å²) in [6.45, 7) is 4.72. The van der Waals surface area contributed by atoms with Crippen LogP contribution in [-0.2, 0) is 4.79 Å². The quantitative estimate of drug-likeness (QED) is 0.486. The molecule has 0 bridgehead atoms. The van der Waals surface area contributed by atoms with Crippen molar-refractivity contribution >= 4 is 28.4 Å². The molecule has 0 radical (unpaired) electrons.